The predicted molar refractivity (Wildman–Crippen MR) is 133 cm³/mol. The molecular weight excluding hydrogens is 504 g/mol. The molecule has 7 nitrogen and oxygen atoms in total. The maximum atomic E-state index is 13.5. The third kappa shape index (κ3) is 7.58. The lowest BCUT2D eigenvalue weighted by Gasteiger charge is -2.33. The molecular formula is C23H28Cl2FN3O4S. The second-order valence-corrected chi connectivity index (χ2v) is 10.5. The summed E-state index contributed by atoms with van der Waals surface area (Å²) in [4.78, 5) is 27.6. The van der Waals surface area contributed by atoms with Gasteiger partial charge in [0.05, 0.1) is 17.0 Å². The third-order valence-electron chi connectivity index (χ3n) is 5.06. The summed E-state index contributed by atoms with van der Waals surface area (Å²) in [5, 5.41) is 3.12. The Morgan fingerprint density at radius 1 is 1.09 bits per heavy atom. The normalized spacial score (nSPS) is 12.2. The van der Waals surface area contributed by atoms with Gasteiger partial charge in [0, 0.05) is 18.1 Å². The Balaban J connectivity index is 2.45. The van der Waals surface area contributed by atoms with Crippen LogP contribution in [0.3, 0.4) is 0 Å². The lowest BCUT2D eigenvalue weighted by Crippen LogP contribution is -2.52. The molecule has 0 saturated carbocycles. The molecule has 0 aliphatic carbocycles. The van der Waals surface area contributed by atoms with Gasteiger partial charge in [-0.05, 0) is 48.7 Å². The molecule has 0 radical (unpaired) electrons. The molecule has 186 valence electrons. The van der Waals surface area contributed by atoms with Crippen molar-refractivity contribution in [3.05, 3.63) is 63.9 Å². The van der Waals surface area contributed by atoms with Crippen LogP contribution in [-0.2, 0) is 26.2 Å². The van der Waals surface area contributed by atoms with Crippen molar-refractivity contribution in [2.75, 3.05) is 23.7 Å². The minimum Gasteiger partial charge on any atom is -0.354 e. The fourth-order valence-electron chi connectivity index (χ4n) is 3.34. The SMILES string of the molecule is CCCNC(=O)[C@H](CC)N(Cc1ccc(F)cc1)C(=O)CN(c1cc(Cl)ccc1Cl)S(C)(=O)=O. The molecule has 0 bridgehead atoms. The van der Waals surface area contributed by atoms with Crippen LogP contribution in [0, 0.1) is 5.82 Å². The van der Waals surface area contributed by atoms with Gasteiger partial charge < -0.3 is 10.2 Å². The minimum atomic E-state index is -3.94. The summed E-state index contributed by atoms with van der Waals surface area (Å²) in [5.74, 6) is -1.41. The molecule has 0 spiro atoms. The summed E-state index contributed by atoms with van der Waals surface area (Å²) in [7, 11) is -3.94. The van der Waals surface area contributed by atoms with Crippen molar-refractivity contribution in [1.82, 2.24) is 10.2 Å². The van der Waals surface area contributed by atoms with Crippen molar-refractivity contribution in [2.24, 2.45) is 0 Å². The van der Waals surface area contributed by atoms with Crippen LogP contribution in [0.15, 0.2) is 42.5 Å². The van der Waals surface area contributed by atoms with Gasteiger partial charge in [-0.15, -0.1) is 0 Å². The predicted octanol–water partition coefficient (Wildman–Crippen LogP) is 4.23. The minimum absolute atomic E-state index is 0.0158. The Bertz CT molecular complexity index is 1110. The Hall–Kier alpha value is -2.36. The summed E-state index contributed by atoms with van der Waals surface area (Å²) in [6, 6.07) is 8.96. The van der Waals surface area contributed by atoms with E-state index < -0.39 is 34.3 Å². The number of nitrogens with one attached hydrogen (secondary N) is 1. The molecule has 0 aliphatic heterocycles. The van der Waals surface area contributed by atoms with Crippen molar-refractivity contribution >= 4 is 50.7 Å². The highest BCUT2D eigenvalue weighted by Crippen LogP contribution is 2.31. The largest absolute Gasteiger partial charge is 0.354 e. The van der Waals surface area contributed by atoms with E-state index in [1.54, 1.807) is 6.92 Å². The van der Waals surface area contributed by atoms with Crippen molar-refractivity contribution in [1.29, 1.82) is 0 Å². The molecule has 2 aromatic rings. The number of benzene rings is 2. The van der Waals surface area contributed by atoms with Crippen molar-refractivity contribution in [3.8, 4) is 0 Å². The first-order chi connectivity index (χ1) is 16.0. The van der Waals surface area contributed by atoms with Gasteiger partial charge in [-0.2, -0.15) is 0 Å². The van der Waals surface area contributed by atoms with E-state index in [0.29, 0.717) is 24.9 Å². The van der Waals surface area contributed by atoms with E-state index in [1.165, 1.54) is 47.4 Å². The highest BCUT2D eigenvalue weighted by atomic mass is 35.5. The molecule has 0 heterocycles. The fourth-order valence-corrected chi connectivity index (χ4v) is 4.63. The molecule has 0 aliphatic rings. The number of carbonyl (C=O) groups is 2. The molecule has 2 aromatic carbocycles. The standard InChI is InChI=1S/C23H28Cl2FN3O4S/c1-4-12-27-23(31)20(5-2)28(14-16-6-9-18(26)10-7-16)22(30)15-29(34(3,32)33)21-13-17(24)8-11-19(21)25/h6-11,13,20H,4-5,12,14-15H2,1-3H3,(H,27,31)/t20-/m0/s1. The summed E-state index contributed by atoms with van der Waals surface area (Å²) < 4.78 is 39.4. The van der Waals surface area contributed by atoms with Crippen LogP contribution < -0.4 is 9.62 Å². The van der Waals surface area contributed by atoms with Gasteiger partial charge in [0.25, 0.3) is 0 Å². The van der Waals surface area contributed by atoms with Crippen LogP contribution in [0.5, 0.6) is 0 Å². The van der Waals surface area contributed by atoms with Crippen LogP contribution in [0.25, 0.3) is 0 Å². The van der Waals surface area contributed by atoms with Gasteiger partial charge in [0.1, 0.15) is 18.4 Å². The van der Waals surface area contributed by atoms with E-state index in [-0.39, 0.29) is 28.2 Å². The quantitative estimate of drug-likeness (QED) is 0.469. The highest BCUT2D eigenvalue weighted by molar-refractivity contribution is 7.92. The number of amides is 2. The highest BCUT2D eigenvalue weighted by Gasteiger charge is 2.32. The Kier molecular flexibility index (Phi) is 10.1. The van der Waals surface area contributed by atoms with E-state index in [4.69, 9.17) is 23.2 Å². The van der Waals surface area contributed by atoms with Crippen LogP contribution in [-0.4, -0.2) is 50.5 Å². The van der Waals surface area contributed by atoms with Crippen LogP contribution in [0.1, 0.15) is 32.3 Å². The van der Waals surface area contributed by atoms with Gasteiger partial charge >= 0.3 is 0 Å². The van der Waals surface area contributed by atoms with E-state index >= 15 is 0 Å². The van der Waals surface area contributed by atoms with E-state index in [2.05, 4.69) is 5.32 Å². The lowest BCUT2D eigenvalue weighted by molar-refractivity contribution is -0.140. The molecule has 0 fully saturated rings. The number of halogens is 3. The molecule has 2 rings (SSSR count). The van der Waals surface area contributed by atoms with E-state index in [9.17, 15) is 22.4 Å². The number of anilines is 1. The fraction of sp³-hybridized carbons (Fsp3) is 0.391. The Labute approximate surface area is 209 Å². The number of nitrogens with zero attached hydrogens (tertiary/aromatic N) is 2. The van der Waals surface area contributed by atoms with Gasteiger partial charge in [0.2, 0.25) is 21.8 Å². The summed E-state index contributed by atoms with van der Waals surface area (Å²) in [5.41, 5.74) is 0.637. The average molecular weight is 532 g/mol. The number of hydrogen-bond acceptors (Lipinski definition) is 4. The molecule has 2 amide bonds. The van der Waals surface area contributed by atoms with Gasteiger partial charge in [-0.25, -0.2) is 12.8 Å². The zero-order chi connectivity index (χ0) is 25.5. The second-order valence-electron chi connectivity index (χ2n) is 7.73. The maximum absolute atomic E-state index is 13.5. The number of hydrogen-bond donors (Lipinski definition) is 1. The first kappa shape index (κ1) is 27.9. The molecule has 1 atom stereocenters. The van der Waals surface area contributed by atoms with Gasteiger partial charge in [-0.3, -0.25) is 13.9 Å². The van der Waals surface area contributed by atoms with Crippen molar-refractivity contribution in [3.63, 3.8) is 0 Å². The second kappa shape index (κ2) is 12.4. The molecule has 11 heteroatoms. The monoisotopic (exact) mass is 531 g/mol. The van der Waals surface area contributed by atoms with E-state index in [1.807, 2.05) is 6.92 Å². The van der Waals surface area contributed by atoms with Crippen LogP contribution in [0.2, 0.25) is 10.0 Å². The Morgan fingerprint density at radius 2 is 1.74 bits per heavy atom. The molecule has 0 aromatic heterocycles. The van der Waals surface area contributed by atoms with Crippen molar-refractivity contribution < 1.29 is 22.4 Å². The zero-order valence-corrected chi connectivity index (χ0v) is 21.6. The Morgan fingerprint density at radius 3 is 2.29 bits per heavy atom. The summed E-state index contributed by atoms with van der Waals surface area (Å²) in [6.45, 7) is 3.47. The number of rotatable bonds is 11. The van der Waals surface area contributed by atoms with Gasteiger partial charge in [0.15, 0.2) is 0 Å². The lowest BCUT2D eigenvalue weighted by atomic mass is 10.1. The smallest absolute Gasteiger partial charge is 0.244 e. The molecule has 1 N–H and O–H groups in total. The molecule has 34 heavy (non-hydrogen) atoms. The maximum Gasteiger partial charge on any atom is 0.244 e. The first-order valence-electron chi connectivity index (χ1n) is 10.7. The van der Waals surface area contributed by atoms with E-state index in [0.717, 1.165) is 10.6 Å². The summed E-state index contributed by atoms with van der Waals surface area (Å²) >= 11 is 12.2. The third-order valence-corrected chi connectivity index (χ3v) is 6.74. The first-order valence-corrected chi connectivity index (χ1v) is 13.3. The van der Waals surface area contributed by atoms with Crippen molar-refractivity contribution in [2.45, 2.75) is 39.3 Å². The number of sulfonamides is 1. The van der Waals surface area contributed by atoms with Gasteiger partial charge in [-0.1, -0.05) is 49.2 Å². The van der Waals surface area contributed by atoms with Crippen LogP contribution >= 0.6 is 23.2 Å². The zero-order valence-electron chi connectivity index (χ0n) is 19.2. The van der Waals surface area contributed by atoms with Crippen LogP contribution in [0.4, 0.5) is 10.1 Å². The number of carbonyl (C=O) groups excluding carboxylic acids is 2. The topological polar surface area (TPSA) is 86.8 Å². The average Bonchev–Trinajstić information content (AvgIpc) is 2.78. The molecule has 0 unspecified atom stereocenters. The molecule has 0 saturated heterocycles. The summed E-state index contributed by atoms with van der Waals surface area (Å²) in [6.07, 6.45) is 1.95.